The summed E-state index contributed by atoms with van der Waals surface area (Å²) in [5.41, 5.74) is 1.28. The second kappa shape index (κ2) is 4.34. The number of carbonyl (C=O) groups excluding carboxylic acids is 1. The standard InChI is InChI=1S/C12H13NO5S/c1-7-3-4-8(2)10-9(7)13(11(14)12(15)16)5-6-19(10,17)18/h3-4H,5-6H2,1-2H3,(H,15,16). The van der Waals surface area contributed by atoms with Crippen LogP contribution in [0, 0.1) is 13.8 Å². The van der Waals surface area contributed by atoms with Gasteiger partial charge in [0, 0.05) is 6.54 Å². The third kappa shape index (κ3) is 2.10. The third-order valence-electron chi connectivity index (χ3n) is 3.12. The van der Waals surface area contributed by atoms with E-state index >= 15 is 0 Å². The first-order chi connectivity index (χ1) is 8.75. The van der Waals surface area contributed by atoms with Gasteiger partial charge in [0.1, 0.15) is 0 Å². The van der Waals surface area contributed by atoms with E-state index in [1.54, 1.807) is 26.0 Å². The van der Waals surface area contributed by atoms with E-state index in [1.807, 2.05) is 0 Å². The van der Waals surface area contributed by atoms with E-state index < -0.39 is 21.7 Å². The van der Waals surface area contributed by atoms with Gasteiger partial charge in [0.2, 0.25) is 0 Å². The molecule has 19 heavy (non-hydrogen) atoms. The Labute approximate surface area is 110 Å². The SMILES string of the molecule is Cc1ccc(C)c2c1N(C(=O)C(=O)O)CCS2(=O)=O. The van der Waals surface area contributed by atoms with Crippen molar-refractivity contribution in [3.8, 4) is 0 Å². The van der Waals surface area contributed by atoms with E-state index in [9.17, 15) is 18.0 Å². The second-order valence-electron chi connectivity index (χ2n) is 4.46. The van der Waals surface area contributed by atoms with Gasteiger partial charge in [-0.05, 0) is 25.0 Å². The van der Waals surface area contributed by atoms with Crippen LogP contribution in [0.5, 0.6) is 0 Å². The van der Waals surface area contributed by atoms with Crippen LogP contribution in [0.2, 0.25) is 0 Å². The fourth-order valence-corrected chi connectivity index (χ4v) is 3.99. The van der Waals surface area contributed by atoms with Gasteiger partial charge in [0.15, 0.2) is 9.84 Å². The molecule has 0 bridgehead atoms. The summed E-state index contributed by atoms with van der Waals surface area (Å²) in [4.78, 5) is 23.6. The molecule has 0 aliphatic carbocycles. The molecule has 0 saturated heterocycles. The molecule has 1 aliphatic rings. The molecule has 1 aromatic carbocycles. The fourth-order valence-electron chi connectivity index (χ4n) is 2.24. The van der Waals surface area contributed by atoms with E-state index in [4.69, 9.17) is 5.11 Å². The van der Waals surface area contributed by atoms with E-state index in [0.29, 0.717) is 11.1 Å². The lowest BCUT2D eigenvalue weighted by Gasteiger charge is -2.30. The van der Waals surface area contributed by atoms with E-state index in [0.717, 1.165) is 4.90 Å². The maximum atomic E-state index is 12.1. The minimum Gasteiger partial charge on any atom is -0.474 e. The maximum absolute atomic E-state index is 12.1. The first-order valence-electron chi connectivity index (χ1n) is 5.63. The van der Waals surface area contributed by atoms with Crippen LogP contribution in [-0.2, 0) is 19.4 Å². The fraction of sp³-hybridized carbons (Fsp3) is 0.333. The van der Waals surface area contributed by atoms with Crippen molar-refractivity contribution in [1.82, 2.24) is 0 Å². The van der Waals surface area contributed by atoms with Gasteiger partial charge in [-0.25, -0.2) is 13.2 Å². The average molecular weight is 283 g/mol. The van der Waals surface area contributed by atoms with Crippen LogP contribution in [0.1, 0.15) is 11.1 Å². The normalized spacial score (nSPS) is 16.8. The Morgan fingerprint density at radius 3 is 2.37 bits per heavy atom. The Kier molecular flexibility index (Phi) is 3.09. The molecule has 2 rings (SSSR count). The summed E-state index contributed by atoms with van der Waals surface area (Å²) < 4.78 is 24.2. The van der Waals surface area contributed by atoms with Crippen LogP contribution >= 0.6 is 0 Å². The van der Waals surface area contributed by atoms with Gasteiger partial charge in [-0.1, -0.05) is 12.1 Å². The number of nitrogens with zero attached hydrogens (tertiary/aromatic N) is 1. The Morgan fingerprint density at radius 2 is 1.79 bits per heavy atom. The number of hydrogen-bond acceptors (Lipinski definition) is 4. The van der Waals surface area contributed by atoms with Gasteiger partial charge in [-0.15, -0.1) is 0 Å². The van der Waals surface area contributed by atoms with Crippen LogP contribution in [0.3, 0.4) is 0 Å². The molecule has 1 heterocycles. The number of rotatable bonds is 0. The third-order valence-corrected chi connectivity index (χ3v) is 4.98. The summed E-state index contributed by atoms with van der Waals surface area (Å²) in [6, 6.07) is 3.33. The molecule has 102 valence electrons. The Hall–Kier alpha value is -1.89. The quantitative estimate of drug-likeness (QED) is 0.700. The predicted octanol–water partition coefficient (Wildman–Crippen LogP) is 0.508. The van der Waals surface area contributed by atoms with Crippen molar-refractivity contribution in [2.75, 3.05) is 17.2 Å². The molecule has 6 nitrogen and oxygen atoms in total. The Bertz CT molecular complexity index is 678. The number of anilines is 1. The molecule has 1 N–H and O–H groups in total. The highest BCUT2D eigenvalue weighted by Gasteiger charge is 2.36. The summed E-state index contributed by atoms with van der Waals surface area (Å²) in [7, 11) is -3.47. The van der Waals surface area contributed by atoms with Gasteiger partial charge < -0.3 is 10.0 Å². The lowest BCUT2D eigenvalue weighted by molar-refractivity contribution is -0.148. The molecule has 0 atom stereocenters. The highest BCUT2D eigenvalue weighted by Crippen LogP contribution is 2.36. The van der Waals surface area contributed by atoms with Gasteiger partial charge >= 0.3 is 11.9 Å². The number of fused-ring (bicyclic) bond motifs is 1. The summed E-state index contributed by atoms with van der Waals surface area (Å²) in [6.45, 7) is 3.15. The number of hydrogen-bond donors (Lipinski definition) is 1. The molecule has 1 amide bonds. The molecule has 0 spiro atoms. The molecular formula is C12H13NO5S. The van der Waals surface area contributed by atoms with Crippen molar-refractivity contribution in [3.63, 3.8) is 0 Å². The van der Waals surface area contributed by atoms with Gasteiger partial charge in [0.25, 0.3) is 0 Å². The number of aliphatic carboxylic acids is 1. The van der Waals surface area contributed by atoms with Crippen molar-refractivity contribution in [3.05, 3.63) is 23.3 Å². The zero-order valence-electron chi connectivity index (χ0n) is 10.5. The highest BCUT2D eigenvalue weighted by atomic mass is 32.2. The maximum Gasteiger partial charge on any atom is 0.394 e. The summed E-state index contributed by atoms with van der Waals surface area (Å²) >= 11 is 0. The van der Waals surface area contributed by atoms with Gasteiger partial charge in [0.05, 0.1) is 16.3 Å². The molecule has 0 saturated carbocycles. The van der Waals surface area contributed by atoms with Crippen molar-refractivity contribution in [2.24, 2.45) is 0 Å². The number of carboxylic acid groups (broad SMARTS) is 1. The highest BCUT2D eigenvalue weighted by molar-refractivity contribution is 7.91. The van der Waals surface area contributed by atoms with Crippen molar-refractivity contribution in [1.29, 1.82) is 0 Å². The number of benzene rings is 1. The van der Waals surface area contributed by atoms with E-state index in [1.165, 1.54) is 0 Å². The number of aryl methyl sites for hydroxylation is 2. The summed E-state index contributed by atoms with van der Waals surface area (Å²) in [5.74, 6) is -2.96. The van der Waals surface area contributed by atoms with Gasteiger partial charge in [-0.2, -0.15) is 0 Å². The van der Waals surface area contributed by atoms with Crippen LogP contribution < -0.4 is 4.90 Å². The number of sulfone groups is 1. The number of amides is 1. The lowest BCUT2D eigenvalue weighted by atomic mass is 10.1. The monoisotopic (exact) mass is 283 g/mol. The largest absolute Gasteiger partial charge is 0.474 e. The zero-order valence-corrected chi connectivity index (χ0v) is 11.3. The average Bonchev–Trinajstić information content (AvgIpc) is 2.32. The van der Waals surface area contributed by atoms with Crippen LogP contribution in [0.15, 0.2) is 17.0 Å². The molecule has 1 aromatic rings. The van der Waals surface area contributed by atoms with Crippen LogP contribution in [-0.4, -0.2) is 37.7 Å². The van der Waals surface area contributed by atoms with Crippen molar-refractivity contribution in [2.45, 2.75) is 18.7 Å². The number of carboxylic acids is 1. The lowest BCUT2D eigenvalue weighted by Crippen LogP contribution is -2.44. The summed E-state index contributed by atoms with van der Waals surface area (Å²) in [6.07, 6.45) is 0. The molecule has 1 aliphatic heterocycles. The van der Waals surface area contributed by atoms with Crippen molar-refractivity contribution >= 4 is 27.4 Å². The van der Waals surface area contributed by atoms with Gasteiger partial charge in [-0.3, -0.25) is 4.79 Å². The first kappa shape index (κ1) is 13.5. The Morgan fingerprint density at radius 1 is 1.21 bits per heavy atom. The smallest absolute Gasteiger partial charge is 0.394 e. The first-order valence-corrected chi connectivity index (χ1v) is 7.28. The van der Waals surface area contributed by atoms with Crippen molar-refractivity contribution < 1.29 is 23.1 Å². The summed E-state index contributed by atoms with van der Waals surface area (Å²) in [5, 5.41) is 8.81. The molecule has 0 radical (unpaired) electrons. The van der Waals surface area contributed by atoms with E-state index in [2.05, 4.69) is 0 Å². The molecule has 7 heteroatoms. The Balaban J connectivity index is 2.74. The number of carbonyl (C=O) groups is 2. The minimum atomic E-state index is -3.47. The predicted molar refractivity (Wildman–Crippen MR) is 68.0 cm³/mol. The van der Waals surface area contributed by atoms with E-state index in [-0.39, 0.29) is 22.9 Å². The van der Waals surface area contributed by atoms with Crippen LogP contribution in [0.25, 0.3) is 0 Å². The molecule has 0 unspecified atom stereocenters. The minimum absolute atomic E-state index is 0.0633. The topological polar surface area (TPSA) is 91.8 Å². The molecule has 0 aromatic heterocycles. The zero-order chi connectivity index (χ0) is 14.4. The molecule has 0 fully saturated rings. The van der Waals surface area contributed by atoms with Crippen LogP contribution in [0.4, 0.5) is 5.69 Å². The molecular weight excluding hydrogens is 270 g/mol. The second-order valence-corrected chi connectivity index (χ2v) is 6.50.